The minimum atomic E-state index is -0.631. The molecule has 1 heterocycles. The van der Waals surface area contributed by atoms with E-state index in [1.807, 2.05) is 24.3 Å². The summed E-state index contributed by atoms with van der Waals surface area (Å²) in [6.07, 6.45) is 4.12. The van der Waals surface area contributed by atoms with Gasteiger partial charge in [-0.3, -0.25) is 4.98 Å². The quantitative estimate of drug-likeness (QED) is 0.339. The zero-order valence-electron chi connectivity index (χ0n) is 12.6. The molecule has 0 atom stereocenters. The van der Waals surface area contributed by atoms with Crippen LogP contribution in [-0.4, -0.2) is 22.1 Å². The van der Waals surface area contributed by atoms with Crippen LogP contribution in [0.1, 0.15) is 5.56 Å². The summed E-state index contributed by atoms with van der Waals surface area (Å²) in [5.74, 6) is 0. The lowest BCUT2D eigenvalue weighted by molar-refractivity contribution is 0.319. The van der Waals surface area contributed by atoms with E-state index in [1.165, 1.54) is 10.6 Å². The van der Waals surface area contributed by atoms with Crippen LogP contribution in [0.5, 0.6) is 0 Å². The zero-order chi connectivity index (χ0) is 15.9. The van der Waals surface area contributed by atoms with Gasteiger partial charge in [-0.15, -0.1) is 0 Å². The SMILES string of the molecule is ON=C(CP(c1ccccc1)c1ccccc1)c1ccncc1. The summed E-state index contributed by atoms with van der Waals surface area (Å²) in [6.45, 7) is 0. The fourth-order valence-corrected chi connectivity index (χ4v) is 4.69. The molecule has 1 N–H and O–H groups in total. The fraction of sp³-hybridized carbons (Fsp3) is 0.0526. The normalized spacial score (nSPS) is 11.6. The van der Waals surface area contributed by atoms with Gasteiger partial charge in [-0.05, 0) is 30.7 Å². The lowest BCUT2D eigenvalue weighted by Crippen LogP contribution is -2.19. The smallest absolute Gasteiger partial charge is 0.0917 e. The molecule has 3 nitrogen and oxygen atoms in total. The van der Waals surface area contributed by atoms with Crippen LogP contribution in [0, 0.1) is 0 Å². The van der Waals surface area contributed by atoms with Gasteiger partial charge in [0.15, 0.2) is 0 Å². The van der Waals surface area contributed by atoms with Crippen molar-refractivity contribution in [2.24, 2.45) is 5.16 Å². The molecule has 0 saturated carbocycles. The first-order chi connectivity index (χ1) is 11.4. The van der Waals surface area contributed by atoms with E-state index in [0.717, 1.165) is 5.56 Å². The molecule has 0 aliphatic rings. The number of nitrogens with zero attached hydrogens (tertiary/aromatic N) is 2. The van der Waals surface area contributed by atoms with E-state index in [9.17, 15) is 5.21 Å². The lowest BCUT2D eigenvalue weighted by atomic mass is 10.2. The molecule has 0 fully saturated rings. The standard InChI is InChI=1S/C19H17N2OP/c22-21-19(16-11-13-20-14-12-16)15-23(17-7-3-1-4-8-17)18-9-5-2-6-10-18/h1-14,22H,15H2. The van der Waals surface area contributed by atoms with Crippen molar-refractivity contribution in [3.63, 3.8) is 0 Å². The number of oxime groups is 1. The molecule has 0 radical (unpaired) electrons. The van der Waals surface area contributed by atoms with Crippen LogP contribution in [0.2, 0.25) is 0 Å². The highest BCUT2D eigenvalue weighted by Gasteiger charge is 2.17. The molecule has 23 heavy (non-hydrogen) atoms. The third kappa shape index (κ3) is 3.82. The summed E-state index contributed by atoms with van der Waals surface area (Å²) in [5, 5.41) is 15.6. The molecular formula is C19H17N2OP. The maximum absolute atomic E-state index is 9.50. The Labute approximate surface area is 137 Å². The summed E-state index contributed by atoms with van der Waals surface area (Å²) in [6, 6.07) is 24.5. The minimum Gasteiger partial charge on any atom is -0.411 e. The van der Waals surface area contributed by atoms with Crippen molar-refractivity contribution in [3.8, 4) is 0 Å². The van der Waals surface area contributed by atoms with Crippen LogP contribution >= 0.6 is 7.92 Å². The molecule has 4 heteroatoms. The van der Waals surface area contributed by atoms with E-state index in [1.54, 1.807) is 12.4 Å². The van der Waals surface area contributed by atoms with Crippen molar-refractivity contribution in [1.29, 1.82) is 0 Å². The van der Waals surface area contributed by atoms with Gasteiger partial charge < -0.3 is 5.21 Å². The predicted octanol–water partition coefficient (Wildman–Crippen LogP) is 3.39. The van der Waals surface area contributed by atoms with Crippen LogP contribution in [0.25, 0.3) is 0 Å². The van der Waals surface area contributed by atoms with Gasteiger partial charge in [0.05, 0.1) is 5.71 Å². The topological polar surface area (TPSA) is 45.5 Å². The van der Waals surface area contributed by atoms with Crippen molar-refractivity contribution in [1.82, 2.24) is 4.98 Å². The largest absolute Gasteiger partial charge is 0.411 e. The van der Waals surface area contributed by atoms with Gasteiger partial charge >= 0.3 is 0 Å². The Morgan fingerprint density at radius 1 is 0.826 bits per heavy atom. The Hall–Kier alpha value is -2.51. The number of benzene rings is 2. The number of hydrogen-bond acceptors (Lipinski definition) is 3. The average Bonchev–Trinajstić information content (AvgIpc) is 2.65. The highest BCUT2D eigenvalue weighted by atomic mass is 31.1. The number of aromatic nitrogens is 1. The summed E-state index contributed by atoms with van der Waals surface area (Å²) >= 11 is 0. The average molecular weight is 320 g/mol. The van der Waals surface area contributed by atoms with E-state index in [4.69, 9.17) is 0 Å². The van der Waals surface area contributed by atoms with Crippen LogP contribution in [0.3, 0.4) is 0 Å². The van der Waals surface area contributed by atoms with E-state index in [0.29, 0.717) is 11.9 Å². The van der Waals surface area contributed by atoms with E-state index < -0.39 is 7.92 Å². The molecule has 3 aromatic rings. The Morgan fingerprint density at radius 3 is 1.83 bits per heavy atom. The third-order valence-electron chi connectivity index (χ3n) is 3.58. The number of pyridine rings is 1. The van der Waals surface area contributed by atoms with Crippen LogP contribution < -0.4 is 10.6 Å². The Balaban J connectivity index is 1.96. The van der Waals surface area contributed by atoms with Crippen molar-refractivity contribution < 1.29 is 5.21 Å². The summed E-state index contributed by atoms with van der Waals surface area (Å²) < 4.78 is 0. The van der Waals surface area contributed by atoms with Crippen LogP contribution in [0.4, 0.5) is 0 Å². The molecule has 0 bridgehead atoms. The Kier molecular flexibility index (Phi) is 5.13. The zero-order valence-corrected chi connectivity index (χ0v) is 13.5. The van der Waals surface area contributed by atoms with Crippen LogP contribution in [-0.2, 0) is 0 Å². The first-order valence-electron chi connectivity index (χ1n) is 7.37. The molecule has 3 rings (SSSR count). The summed E-state index contributed by atoms with van der Waals surface area (Å²) in [4.78, 5) is 4.03. The molecule has 114 valence electrons. The first kappa shape index (κ1) is 15.4. The molecule has 0 aliphatic heterocycles. The van der Waals surface area contributed by atoms with Crippen molar-refractivity contribution in [2.45, 2.75) is 0 Å². The molecular weight excluding hydrogens is 303 g/mol. The highest BCUT2D eigenvalue weighted by molar-refractivity contribution is 7.73. The maximum Gasteiger partial charge on any atom is 0.0917 e. The molecule has 0 saturated heterocycles. The monoisotopic (exact) mass is 320 g/mol. The van der Waals surface area contributed by atoms with Crippen molar-refractivity contribution in [3.05, 3.63) is 90.8 Å². The van der Waals surface area contributed by atoms with Gasteiger partial charge in [-0.1, -0.05) is 65.8 Å². The van der Waals surface area contributed by atoms with Gasteiger partial charge in [0.1, 0.15) is 0 Å². The Bertz CT molecular complexity index is 722. The second-order valence-electron chi connectivity index (χ2n) is 5.04. The lowest BCUT2D eigenvalue weighted by Gasteiger charge is -2.19. The number of rotatable bonds is 5. The second-order valence-corrected chi connectivity index (χ2v) is 7.24. The minimum absolute atomic E-state index is 0.631. The Morgan fingerprint density at radius 2 is 1.35 bits per heavy atom. The second kappa shape index (κ2) is 7.66. The van der Waals surface area contributed by atoms with Crippen LogP contribution in [0.15, 0.2) is 90.3 Å². The highest BCUT2D eigenvalue weighted by Crippen LogP contribution is 2.34. The molecule has 1 aromatic heterocycles. The number of hydrogen-bond donors (Lipinski definition) is 1. The fourth-order valence-electron chi connectivity index (χ4n) is 2.42. The van der Waals surface area contributed by atoms with Crippen molar-refractivity contribution in [2.75, 3.05) is 6.16 Å². The summed E-state index contributed by atoms with van der Waals surface area (Å²) in [7, 11) is -0.631. The van der Waals surface area contributed by atoms with E-state index in [-0.39, 0.29) is 0 Å². The van der Waals surface area contributed by atoms with Gasteiger partial charge in [-0.25, -0.2) is 0 Å². The van der Waals surface area contributed by atoms with Gasteiger partial charge in [0, 0.05) is 24.1 Å². The molecule has 0 unspecified atom stereocenters. The first-order valence-corrected chi connectivity index (χ1v) is 8.90. The van der Waals surface area contributed by atoms with Gasteiger partial charge in [-0.2, -0.15) is 0 Å². The third-order valence-corrected chi connectivity index (χ3v) is 6.04. The van der Waals surface area contributed by atoms with Gasteiger partial charge in [0.25, 0.3) is 0 Å². The predicted molar refractivity (Wildman–Crippen MR) is 96.5 cm³/mol. The molecule has 2 aromatic carbocycles. The van der Waals surface area contributed by atoms with E-state index in [2.05, 4.69) is 58.7 Å². The molecule has 0 spiro atoms. The molecule has 0 aliphatic carbocycles. The summed E-state index contributed by atoms with van der Waals surface area (Å²) in [5.41, 5.74) is 1.59. The van der Waals surface area contributed by atoms with Gasteiger partial charge in [0.2, 0.25) is 0 Å². The molecule has 0 amide bonds. The maximum atomic E-state index is 9.50. The van der Waals surface area contributed by atoms with E-state index >= 15 is 0 Å². The van der Waals surface area contributed by atoms with Crippen molar-refractivity contribution >= 4 is 24.2 Å².